The maximum atomic E-state index is 6.73. The zero-order valence-corrected chi connectivity index (χ0v) is 31.2. The predicted octanol–water partition coefficient (Wildman–Crippen LogP) is 5.63. The number of hydrogen-bond donors (Lipinski definition) is 0. The minimum Gasteiger partial charge on any atom is -1.00 e. The van der Waals surface area contributed by atoms with Crippen LogP contribution in [0.5, 0.6) is 0 Å². The molecule has 0 nitrogen and oxygen atoms in total. The van der Waals surface area contributed by atoms with Crippen LogP contribution in [0.25, 0.3) is 11.1 Å². The molecule has 0 fully saturated rings. The van der Waals surface area contributed by atoms with E-state index in [1.54, 1.807) is 3.28 Å². The van der Waals surface area contributed by atoms with Crippen molar-refractivity contribution in [3.05, 3.63) is 150 Å². The molecule has 0 spiro atoms. The van der Waals surface area contributed by atoms with E-state index in [0.717, 1.165) is 10.0 Å². The molecule has 0 amide bonds. The first kappa shape index (κ1) is 35.1. The van der Waals surface area contributed by atoms with Crippen molar-refractivity contribution in [1.29, 1.82) is 0 Å². The van der Waals surface area contributed by atoms with Gasteiger partial charge >= 0.3 is 271 Å². The molecule has 1 unspecified atom stereocenters. The van der Waals surface area contributed by atoms with Crippen LogP contribution in [-0.2, 0) is 21.3 Å². The first-order chi connectivity index (χ1) is 20.3. The third-order valence-electron chi connectivity index (χ3n) is 8.76. The Morgan fingerprint density at radius 1 is 0.727 bits per heavy atom. The van der Waals surface area contributed by atoms with Gasteiger partial charge in [-0.1, -0.05) is 0 Å². The predicted molar refractivity (Wildman–Crippen MR) is 178 cm³/mol. The van der Waals surface area contributed by atoms with Crippen LogP contribution in [0.4, 0.5) is 0 Å². The van der Waals surface area contributed by atoms with Crippen molar-refractivity contribution in [2.45, 2.75) is 50.6 Å². The topological polar surface area (TPSA) is 0 Å². The Bertz CT molecular complexity index is 1650. The van der Waals surface area contributed by atoms with Gasteiger partial charge in [0.25, 0.3) is 0 Å². The molecular weight excluding hydrogens is 701 g/mol. The number of unbranched alkanes of at least 4 members (excludes halogenated alkanes) is 1. The van der Waals surface area contributed by atoms with Gasteiger partial charge in [-0.2, -0.15) is 0 Å². The van der Waals surface area contributed by atoms with Gasteiger partial charge in [0.2, 0.25) is 0 Å². The van der Waals surface area contributed by atoms with Gasteiger partial charge in [-0.3, -0.25) is 0 Å². The number of benzene rings is 4. The van der Waals surface area contributed by atoms with Crippen LogP contribution in [0.3, 0.4) is 0 Å². The summed E-state index contributed by atoms with van der Waals surface area (Å²) in [5.41, 5.74) is 9.79. The van der Waals surface area contributed by atoms with Crippen LogP contribution in [0.2, 0.25) is 10.0 Å². The summed E-state index contributed by atoms with van der Waals surface area (Å²) < 4.78 is 3.54. The van der Waals surface area contributed by atoms with E-state index in [1.807, 2.05) is 12.1 Å². The molecule has 0 saturated heterocycles. The normalized spacial score (nSPS) is 15.2. The van der Waals surface area contributed by atoms with Crippen LogP contribution < -0.4 is 24.8 Å². The molecule has 226 valence electrons. The molecule has 4 aromatic carbocycles. The average Bonchev–Trinajstić information content (AvgIpc) is 3.55. The van der Waals surface area contributed by atoms with Crippen molar-refractivity contribution in [1.82, 2.24) is 0 Å². The van der Waals surface area contributed by atoms with Gasteiger partial charge in [0, 0.05) is 0 Å². The minimum absolute atomic E-state index is 0. The van der Waals surface area contributed by atoms with E-state index in [2.05, 4.69) is 125 Å². The molecule has 2 aliphatic carbocycles. The number of allylic oxidation sites excluding steroid dienone is 4. The molecule has 0 aromatic heterocycles. The molecule has 0 bridgehead atoms. The van der Waals surface area contributed by atoms with Crippen molar-refractivity contribution in [2.24, 2.45) is 11.3 Å². The molecule has 0 heterocycles. The van der Waals surface area contributed by atoms with Gasteiger partial charge in [0.1, 0.15) is 0 Å². The summed E-state index contributed by atoms with van der Waals surface area (Å²) in [7, 11) is 0. The van der Waals surface area contributed by atoms with Gasteiger partial charge in [0.15, 0.2) is 0 Å². The zero-order valence-electron chi connectivity index (χ0n) is 25.7. The molecule has 4 aromatic rings. The van der Waals surface area contributed by atoms with Gasteiger partial charge in [-0.25, -0.2) is 0 Å². The molecule has 2 aliphatic rings. The fourth-order valence-electron chi connectivity index (χ4n) is 6.72. The van der Waals surface area contributed by atoms with E-state index in [4.69, 9.17) is 23.2 Å². The average molecular weight is 740 g/mol. The zero-order chi connectivity index (χ0) is 29.4. The molecule has 0 aliphatic heterocycles. The summed E-state index contributed by atoms with van der Waals surface area (Å²) in [6.07, 6.45) is 8.88. The maximum absolute atomic E-state index is 6.73. The van der Waals surface area contributed by atoms with Gasteiger partial charge in [-0.15, -0.1) is 0 Å². The van der Waals surface area contributed by atoms with Crippen molar-refractivity contribution in [3.8, 4) is 11.1 Å². The molecule has 0 radical (unpaired) electrons. The van der Waals surface area contributed by atoms with E-state index in [-0.39, 0.29) is 30.2 Å². The van der Waals surface area contributed by atoms with Crippen molar-refractivity contribution >= 4 is 26.4 Å². The fourth-order valence-corrected chi connectivity index (χ4v) is 16.7. The number of halogens is 4. The molecule has 0 saturated carbocycles. The number of hydrogen-bond acceptors (Lipinski definition) is 0. The monoisotopic (exact) mass is 736 g/mol. The van der Waals surface area contributed by atoms with Crippen LogP contribution >= 0.6 is 23.2 Å². The largest absolute Gasteiger partial charge is 1.00 e. The van der Waals surface area contributed by atoms with Crippen molar-refractivity contribution in [2.75, 3.05) is 0 Å². The summed E-state index contributed by atoms with van der Waals surface area (Å²) in [4.78, 5) is 0. The Morgan fingerprint density at radius 3 is 1.73 bits per heavy atom. The minimum atomic E-state index is -2.90. The fraction of sp³-hybridized carbons (Fsp3) is 0.256. The van der Waals surface area contributed by atoms with E-state index in [0.29, 0.717) is 9.54 Å². The SMILES string of the molecule is CCCCC1C=C(C(C)(C)C)C=[C]1[Zr+2](=[C](c1cccc(Cl)c1)c1cccc(Cl)c1)[CH]1c2ccccc2-c2ccccc21.[Cl-].[Cl-]. The molecule has 6 rings (SSSR count). The third-order valence-corrected chi connectivity index (χ3v) is 17.7. The second-order valence-electron chi connectivity index (χ2n) is 12.6. The summed E-state index contributed by atoms with van der Waals surface area (Å²) >= 11 is 10.6. The second-order valence-corrected chi connectivity index (χ2v) is 19.6. The van der Waals surface area contributed by atoms with Gasteiger partial charge in [0.05, 0.1) is 0 Å². The molecule has 1 atom stereocenters. The van der Waals surface area contributed by atoms with Crippen LogP contribution in [0.1, 0.15) is 72.8 Å². The summed E-state index contributed by atoms with van der Waals surface area (Å²) in [5.74, 6) is 0.460. The Hall–Kier alpha value is -1.73. The maximum Gasteiger partial charge on any atom is -1.00 e. The molecule has 44 heavy (non-hydrogen) atoms. The number of rotatable bonds is 7. The molecular formula is C39H38Cl4Zr. The third kappa shape index (κ3) is 6.99. The van der Waals surface area contributed by atoms with Crippen LogP contribution in [-0.4, -0.2) is 3.21 Å². The first-order valence-electron chi connectivity index (χ1n) is 15.1. The summed E-state index contributed by atoms with van der Waals surface area (Å²) in [5, 5.41) is 1.55. The standard InChI is InChI=1S/C13H8Cl2.C13H9.C13H21.2ClH.Zr/c14-12-5-1-3-10(8-12)7-11-4-2-6-13(15)9-11;1-3-7-12-10(5-1)9-11-6-2-4-8-13(11)12;1-5-6-7-11-8-9-12(10-11)13(2,3)4;;;/h1-6,8-9H;1-9H;9-11H,5-7H2,1-4H3;2*1H;/q;;;;;+2/p-2. The van der Waals surface area contributed by atoms with Crippen molar-refractivity contribution < 1.29 is 46.1 Å². The Labute approximate surface area is 293 Å². The van der Waals surface area contributed by atoms with E-state index in [9.17, 15) is 0 Å². The first-order valence-corrected chi connectivity index (χ1v) is 19.8. The van der Waals surface area contributed by atoms with E-state index < -0.39 is 21.3 Å². The summed E-state index contributed by atoms with van der Waals surface area (Å²) in [6, 6.07) is 35.4. The van der Waals surface area contributed by atoms with Crippen LogP contribution in [0.15, 0.2) is 118 Å². The quantitative estimate of drug-likeness (QED) is 0.231. The molecule has 5 heteroatoms. The van der Waals surface area contributed by atoms with Crippen molar-refractivity contribution in [3.63, 3.8) is 0 Å². The van der Waals surface area contributed by atoms with E-state index in [1.165, 1.54) is 61.4 Å². The number of fused-ring (bicyclic) bond motifs is 3. The molecule has 0 N–H and O–H groups in total. The van der Waals surface area contributed by atoms with Crippen LogP contribution in [0, 0.1) is 11.3 Å². The van der Waals surface area contributed by atoms with Gasteiger partial charge < -0.3 is 24.8 Å². The summed E-state index contributed by atoms with van der Waals surface area (Å²) in [6.45, 7) is 9.39. The van der Waals surface area contributed by atoms with E-state index >= 15 is 0 Å². The smallest absolute Gasteiger partial charge is 1.00 e. The second kappa shape index (κ2) is 14.8. The van der Waals surface area contributed by atoms with Gasteiger partial charge in [-0.05, 0) is 0 Å². The Balaban J connectivity index is 0.00000221. The Kier molecular flexibility index (Phi) is 11.8. The Morgan fingerprint density at radius 2 is 1.25 bits per heavy atom.